The smallest absolute Gasteiger partial charge is 0.164 e. The zero-order valence-electron chi connectivity index (χ0n) is 35.6. The average Bonchev–Trinajstić information content (AvgIpc) is 3.39. The van der Waals surface area contributed by atoms with E-state index in [-0.39, 0.29) is 0 Å². The second kappa shape index (κ2) is 15.1. The zero-order chi connectivity index (χ0) is 43.7. The average molecular weight is 837 g/mol. The molecule has 0 fully saturated rings. The Labute approximate surface area is 380 Å². The molecule has 0 N–H and O–H groups in total. The van der Waals surface area contributed by atoms with Crippen molar-refractivity contribution in [3.63, 3.8) is 0 Å². The molecule has 4 heteroatoms. The van der Waals surface area contributed by atoms with Gasteiger partial charge in [-0.15, -0.1) is 0 Å². The molecule has 0 aliphatic rings. The van der Waals surface area contributed by atoms with Gasteiger partial charge in [-0.25, -0.2) is 15.0 Å². The molecule has 12 aromatic carbocycles. The first-order valence-electron chi connectivity index (χ1n) is 22.2. The van der Waals surface area contributed by atoms with E-state index in [4.69, 9.17) is 15.0 Å². The minimum atomic E-state index is 0.575. The molecule has 0 bridgehead atoms. The minimum Gasteiger partial charge on any atom is -0.208 e. The second-order valence-electron chi connectivity index (χ2n) is 17.0. The van der Waals surface area contributed by atoms with Crippen LogP contribution in [0.1, 0.15) is 5.56 Å². The van der Waals surface area contributed by atoms with Crippen molar-refractivity contribution in [2.75, 3.05) is 0 Å². The molecule has 0 aliphatic carbocycles. The van der Waals surface area contributed by atoms with E-state index in [0.29, 0.717) is 23.0 Å². The SMILES string of the molecule is N#Cc1ccc(-c2ccccc2-c2nc(-c3ccccc3)nc(-c3cccc(-c4ccccc4-c4cc5ccc6cccc7c8cccc9ccc%10cccc(c(c4)c5c67)c%10c98)c3)n2)cc1. The molecule has 0 saturated carbocycles. The fourth-order valence-corrected chi connectivity index (χ4v) is 10.2. The van der Waals surface area contributed by atoms with Crippen LogP contribution in [0.15, 0.2) is 218 Å². The first-order chi connectivity index (χ1) is 32.7. The third-order valence-corrected chi connectivity index (χ3v) is 13.3. The van der Waals surface area contributed by atoms with E-state index >= 15 is 0 Å². The summed E-state index contributed by atoms with van der Waals surface area (Å²) in [7, 11) is 0. The van der Waals surface area contributed by atoms with E-state index in [1.807, 2.05) is 66.7 Å². The van der Waals surface area contributed by atoms with E-state index in [1.165, 1.54) is 64.6 Å². The molecule has 304 valence electrons. The predicted octanol–water partition coefficient (Wildman–Crippen LogP) is 16.1. The van der Waals surface area contributed by atoms with Crippen LogP contribution in [0.25, 0.3) is 132 Å². The van der Waals surface area contributed by atoms with Gasteiger partial charge in [0.1, 0.15) is 0 Å². The maximum absolute atomic E-state index is 9.48. The van der Waals surface area contributed by atoms with Gasteiger partial charge >= 0.3 is 0 Å². The monoisotopic (exact) mass is 836 g/mol. The van der Waals surface area contributed by atoms with Gasteiger partial charge in [0.05, 0.1) is 11.6 Å². The van der Waals surface area contributed by atoms with E-state index in [2.05, 4.69) is 158 Å². The van der Waals surface area contributed by atoms with Gasteiger partial charge in [0.2, 0.25) is 0 Å². The Kier molecular flexibility index (Phi) is 8.56. The van der Waals surface area contributed by atoms with Crippen molar-refractivity contribution in [1.29, 1.82) is 5.26 Å². The Hall–Kier alpha value is -9.04. The standard InChI is InChI=1S/C62H36N4/c63-37-38-26-28-39(29-27-38)48-19-6-7-22-54(48)62-65-60(43-12-2-1-3-13-43)64-61(66-62)46-18-8-17-44(34-46)49-20-4-5-21-50(49)47-35-45-33-32-42-15-10-24-52-51-23-9-14-40-30-31-41-16-11-25-53(58(41)56(40)51)55(36-47)59(45)57(42)52/h1-36H. The molecule has 13 aromatic rings. The summed E-state index contributed by atoms with van der Waals surface area (Å²) >= 11 is 0. The molecule has 0 spiro atoms. The molecule has 0 saturated heterocycles. The molecule has 0 radical (unpaired) electrons. The van der Waals surface area contributed by atoms with Crippen molar-refractivity contribution in [2.45, 2.75) is 0 Å². The van der Waals surface area contributed by atoms with Gasteiger partial charge in [-0.2, -0.15) is 5.26 Å². The number of fused-ring (bicyclic) bond motifs is 2. The molecule has 1 heterocycles. The molecule has 1 aromatic heterocycles. The van der Waals surface area contributed by atoms with Gasteiger partial charge in [0.25, 0.3) is 0 Å². The first-order valence-corrected chi connectivity index (χ1v) is 22.2. The molecule has 13 rings (SSSR count). The molecular formula is C62H36N4. The number of rotatable bonds is 6. The molecule has 0 unspecified atom stereocenters. The zero-order valence-corrected chi connectivity index (χ0v) is 35.6. The fourth-order valence-electron chi connectivity index (χ4n) is 10.2. The Bertz CT molecular complexity index is 4100. The number of benzene rings is 11. The molecule has 66 heavy (non-hydrogen) atoms. The summed E-state index contributed by atoms with van der Waals surface area (Å²) in [5, 5.41) is 24.6. The van der Waals surface area contributed by atoms with Crippen LogP contribution in [0.5, 0.6) is 0 Å². The van der Waals surface area contributed by atoms with Crippen LogP contribution in [-0.4, -0.2) is 15.0 Å². The van der Waals surface area contributed by atoms with Crippen LogP contribution in [0.3, 0.4) is 0 Å². The van der Waals surface area contributed by atoms with Crippen LogP contribution in [0.2, 0.25) is 0 Å². The molecule has 0 amide bonds. The third-order valence-electron chi connectivity index (χ3n) is 13.3. The van der Waals surface area contributed by atoms with Crippen molar-refractivity contribution in [3.05, 3.63) is 224 Å². The summed E-state index contributed by atoms with van der Waals surface area (Å²) in [6.45, 7) is 0. The molecular weight excluding hydrogens is 801 g/mol. The normalized spacial score (nSPS) is 11.6. The second-order valence-corrected chi connectivity index (χ2v) is 17.0. The summed E-state index contributed by atoms with van der Waals surface area (Å²) in [5.41, 5.74) is 9.72. The summed E-state index contributed by atoms with van der Waals surface area (Å²) in [6, 6.07) is 79.6. The highest BCUT2D eigenvalue weighted by Crippen LogP contribution is 2.45. The van der Waals surface area contributed by atoms with E-state index in [0.717, 1.165) is 50.1 Å². The lowest BCUT2D eigenvalue weighted by molar-refractivity contribution is 1.07. The van der Waals surface area contributed by atoms with Gasteiger partial charge in [0, 0.05) is 16.7 Å². The fraction of sp³-hybridized carbons (Fsp3) is 0. The van der Waals surface area contributed by atoms with Crippen molar-refractivity contribution >= 4 is 64.6 Å². The van der Waals surface area contributed by atoms with Crippen LogP contribution in [-0.2, 0) is 0 Å². The van der Waals surface area contributed by atoms with E-state index in [1.54, 1.807) is 0 Å². The summed E-state index contributed by atoms with van der Waals surface area (Å²) in [4.78, 5) is 15.4. The largest absolute Gasteiger partial charge is 0.208 e. The Morgan fingerprint density at radius 3 is 1.35 bits per heavy atom. The maximum Gasteiger partial charge on any atom is 0.164 e. The van der Waals surface area contributed by atoms with E-state index < -0.39 is 0 Å². The highest BCUT2D eigenvalue weighted by molar-refractivity contribution is 6.37. The maximum atomic E-state index is 9.48. The molecule has 0 aliphatic heterocycles. The van der Waals surface area contributed by atoms with Gasteiger partial charge in [-0.05, 0) is 128 Å². The number of aromatic nitrogens is 3. The Balaban J connectivity index is 1.01. The number of hydrogen-bond donors (Lipinski definition) is 0. The number of nitrogens with zero attached hydrogens (tertiary/aromatic N) is 4. The summed E-state index contributed by atoms with van der Waals surface area (Å²) in [5.74, 6) is 1.75. The quantitative estimate of drug-likeness (QED) is 0.157. The van der Waals surface area contributed by atoms with Crippen molar-refractivity contribution in [3.8, 4) is 73.6 Å². The van der Waals surface area contributed by atoms with Crippen LogP contribution < -0.4 is 0 Å². The van der Waals surface area contributed by atoms with Crippen molar-refractivity contribution < 1.29 is 0 Å². The van der Waals surface area contributed by atoms with Gasteiger partial charge in [0.15, 0.2) is 17.5 Å². The molecule has 0 atom stereocenters. The Morgan fingerprint density at radius 2 is 0.727 bits per heavy atom. The minimum absolute atomic E-state index is 0.575. The van der Waals surface area contributed by atoms with Crippen LogP contribution in [0, 0.1) is 11.3 Å². The Morgan fingerprint density at radius 1 is 0.273 bits per heavy atom. The number of hydrogen-bond acceptors (Lipinski definition) is 4. The third kappa shape index (κ3) is 6.03. The lowest BCUT2D eigenvalue weighted by atomic mass is 9.85. The summed E-state index contributed by atoms with van der Waals surface area (Å²) < 4.78 is 0. The van der Waals surface area contributed by atoms with Crippen molar-refractivity contribution in [2.24, 2.45) is 0 Å². The van der Waals surface area contributed by atoms with Crippen LogP contribution in [0.4, 0.5) is 0 Å². The highest BCUT2D eigenvalue weighted by atomic mass is 15.0. The van der Waals surface area contributed by atoms with Gasteiger partial charge < -0.3 is 0 Å². The predicted molar refractivity (Wildman–Crippen MR) is 273 cm³/mol. The molecule has 4 nitrogen and oxygen atoms in total. The lowest BCUT2D eigenvalue weighted by Crippen LogP contribution is -2.01. The number of nitriles is 1. The topological polar surface area (TPSA) is 62.5 Å². The van der Waals surface area contributed by atoms with Gasteiger partial charge in [-0.3, -0.25) is 0 Å². The van der Waals surface area contributed by atoms with Gasteiger partial charge in [-0.1, -0.05) is 188 Å². The van der Waals surface area contributed by atoms with Crippen LogP contribution >= 0.6 is 0 Å². The lowest BCUT2D eigenvalue weighted by Gasteiger charge is -2.18. The first kappa shape index (κ1) is 37.5. The van der Waals surface area contributed by atoms with Crippen molar-refractivity contribution in [1.82, 2.24) is 15.0 Å². The highest BCUT2D eigenvalue weighted by Gasteiger charge is 2.19. The van der Waals surface area contributed by atoms with E-state index in [9.17, 15) is 5.26 Å². The summed E-state index contributed by atoms with van der Waals surface area (Å²) in [6.07, 6.45) is 0.